The summed E-state index contributed by atoms with van der Waals surface area (Å²) in [6.45, 7) is 1.76. The maximum Gasteiger partial charge on any atom is 0.408 e. The fourth-order valence-corrected chi connectivity index (χ4v) is 2.93. The van der Waals surface area contributed by atoms with E-state index < -0.39 is 6.09 Å². The average molecular weight is 279 g/mol. The fourth-order valence-electron chi connectivity index (χ4n) is 2.73. The minimum Gasteiger partial charge on any atom is -0.465 e. The van der Waals surface area contributed by atoms with Crippen molar-refractivity contribution in [2.24, 2.45) is 5.92 Å². The van der Waals surface area contributed by atoms with Crippen LogP contribution in [-0.2, 0) is 0 Å². The molecule has 5 heteroatoms. The van der Waals surface area contributed by atoms with Crippen LogP contribution < -0.4 is 0 Å². The largest absolute Gasteiger partial charge is 0.465 e. The molecule has 1 amide bonds. The molecule has 1 aliphatic heterocycles. The number of halogens is 1. The second-order valence-corrected chi connectivity index (χ2v) is 5.26. The summed E-state index contributed by atoms with van der Waals surface area (Å²) in [6.07, 6.45) is 0.455. The Morgan fingerprint density at radius 3 is 2.89 bits per heavy atom. The first kappa shape index (κ1) is 13.7. The summed E-state index contributed by atoms with van der Waals surface area (Å²) >= 11 is 5.96. The molecule has 1 N–H and O–H groups in total. The molecule has 2 rings (SSSR count). The van der Waals surface area contributed by atoms with E-state index in [1.54, 1.807) is 19.1 Å². The summed E-state index contributed by atoms with van der Waals surface area (Å²) in [5, 5.41) is 19.0. The standard InChI is InChI=1S/C14H15ClN2O2/c1-9(8-16)12-5-6-13(17(12)14(18)19)10-3-2-4-11(15)7-10/h2-4,7,9,12-13H,5-6H2,1H3,(H,18,19)/t9?,12-,13+/m1/s1. The van der Waals surface area contributed by atoms with Crippen molar-refractivity contribution in [3.8, 4) is 6.07 Å². The topological polar surface area (TPSA) is 64.3 Å². The van der Waals surface area contributed by atoms with Gasteiger partial charge in [0.2, 0.25) is 0 Å². The summed E-state index contributed by atoms with van der Waals surface area (Å²) in [4.78, 5) is 12.9. The second-order valence-electron chi connectivity index (χ2n) is 4.82. The van der Waals surface area contributed by atoms with Crippen molar-refractivity contribution >= 4 is 17.7 Å². The molecular formula is C14H15ClN2O2. The van der Waals surface area contributed by atoms with Crippen molar-refractivity contribution < 1.29 is 9.90 Å². The average Bonchev–Trinajstić information content (AvgIpc) is 2.82. The van der Waals surface area contributed by atoms with E-state index in [1.165, 1.54) is 4.90 Å². The summed E-state index contributed by atoms with van der Waals surface area (Å²) in [5.41, 5.74) is 0.891. The van der Waals surface area contributed by atoms with Crippen LogP contribution >= 0.6 is 11.6 Å². The van der Waals surface area contributed by atoms with Crippen LogP contribution in [0.3, 0.4) is 0 Å². The van der Waals surface area contributed by atoms with Crippen molar-refractivity contribution in [3.05, 3.63) is 34.9 Å². The van der Waals surface area contributed by atoms with Crippen molar-refractivity contribution in [3.63, 3.8) is 0 Å². The monoisotopic (exact) mass is 278 g/mol. The number of hydrogen-bond donors (Lipinski definition) is 1. The molecule has 19 heavy (non-hydrogen) atoms. The molecule has 0 aliphatic carbocycles. The third-order valence-electron chi connectivity index (χ3n) is 3.66. The van der Waals surface area contributed by atoms with Crippen LogP contribution in [0.1, 0.15) is 31.4 Å². The van der Waals surface area contributed by atoms with Crippen molar-refractivity contribution in [1.29, 1.82) is 5.26 Å². The zero-order valence-electron chi connectivity index (χ0n) is 10.6. The number of rotatable bonds is 2. The van der Waals surface area contributed by atoms with Crippen molar-refractivity contribution in [2.45, 2.75) is 31.8 Å². The molecule has 1 unspecified atom stereocenters. The predicted octanol–water partition coefficient (Wildman–Crippen LogP) is 3.68. The highest BCUT2D eigenvalue weighted by atomic mass is 35.5. The first-order valence-electron chi connectivity index (χ1n) is 6.21. The van der Waals surface area contributed by atoms with Gasteiger partial charge in [-0.3, -0.25) is 4.90 Å². The van der Waals surface area contributed by atoms with Gasteiger partial charge in [0.1, 0.15) is 0 Å². The van der Waals surface area contributed by atoms with E-state index in [-0.39, 0.29) is 18.0 Å². The van der Waals surface area contributed by atoms with Gasteiger partial charge in [-0.1, -0.05) is 23.7 Å². The predicted molar refractivity (Wildman–Crippen MR) is 71.9 cm³/mol. The Kier molecular flexibility index (Phi) is 3.96. The Labute approximate surface area is 117 Å². The zero-order valence-corrected chi connectivity index (χ0v) is 11.3. The van der Waals surface area contributed by atoms with Gasteiger partial charge in [0.05, 0.1) is 24.1 Å². The van der Waals surface area contributed by atoms with Crippen LogP contribution in [-0.4, -0.2) is 22.1 Å². The van der Waals surface area contributed by atoms with Crippen LogP contribution in [0, 0.1) is 17.2 Å². The number of likely N-dealkylation sites (tertiary alicyclic amines) is 1. The maximum absolute atomic E-state index is 11.5. The Morgan fingerprint density at radius 1 is 1.58 bits per heavy atom. The molecule has 0 bridgehead atoms. The molecule has 1 heterocycles. The van der Waals surface area contributed by atoms with E-state index in [2.05, 4.69) is 6.07 Å². The number of hydrogen-bond acceptors (Lipinski definition) is 2. The van der Waals surface area contributed by atoms with Crippen molar-refractivity contribution in [1.82, 2.24) is 4.90 Å². The Bertz CT molecular complexity index is 526. The van der Waals surface area contributed by atoms with E-state index >= 15 is 0 Å². The van der Waals surface area contributed by atoms with E-state index in [1.807, 2.05) is 12.1 Å². The number of carbonyl (C=O) groups is 1. The molecule has 3 atom stereocenters. The SMILES string of the molecule is CC(C#N)[C@H]1CC[C@@H](c2cccc(Cl)c2)N1C(=O)O. The molecule has 100 valence electrons. The molecule has 0 spiro atoms. The number of nitriles is 1. The normalized spacial score (nSPS) is 23.9. The van der Waals surface area contributed by atoms with E-state index in [0.29, 0.717) is 11.4 Å². The number of nitrogens with zero attached hydrogens (tertiary/aromatic N) is 2. The molecule has 1 fully saturated rings. The van der Waals surface area contributed by atoms with Crippen molar-refractivity contribution in [2.75, 3.05) is 0 Å². The first-order valence-corrected chi connectivity index (χ1v) is 6.58. The zero-order chi connectivity index (χ0) is 14.0. The van der Waals surface area contributed by atoms with Crippen LogP contribution in [0.25, 0.3) is 0 Å². The lowest BCUT2D eigenvalue weighted by molar-refractivity contribution is 0.114. The van der Waals surface area contributed by atoms with E-state index in [9.17, 15) is 9.90 Å². The first-order chi connectivity index (χ1) is 9.04. The smallest absolute Gasteiger partial charge is 0.408 e. The van der Waals surface area contributed by atoms with Gasteiger partial charge in [-0.25, -0.2) is 4.79 Å². The number of benzene rings is 1. The molecular weight excluding hydrogens is 264 g/mol. The summed E-state index contributed by atoms with van der Waals surface area (Å²) in [5.74, 6) is -0.305. The van der Waals surface area contributed by atoms with Crippen LogP contribution in [0.4, 0.5) is 4.79 Å². The molecule has 1 aromatic carbocycles. The summed E-state index contributed by atoms with van der Waals surface area (Å²) in [7, 11) is 0. The third-order valence-corrected chi connectivity index (χ3v) is 3.90. The molecule has 4 nitrogen and oxygen atoms in total. The highest BCUT2D eigenvalue weighted by molar-refractivity contribution is 6.30. The van der Waals surface area contributed by atoms with Gasteiger partial charge in [0, 0.05) is 5.02 Å². The molecule has 0 saturated carbocycles. The Balaban J connectivity index is 2.32. The van der Waals surface area contributed by atoms with Gasteiger partial charge < -0.3 is 5.11 Å². The summed E-state index contributed by atoms with van der Waals surface area (Å²) < 4.78 is 0. The van der Waals surface area contributed by atoms with Gasteiger partial charge in [-0.05, 0) is 37.5 Å². The minimum atomic E-state index is -0.977. The molecule has 0 radical (unpaired) electrons. The van der Waals surface area contributed by atoms with Gasteiger partial charge in [-0.2, -0.15) is 5.26 Å². The van der Waals surface area contributed by atoms with Crippen LogP contribution in [0.2, 0.25) is 5.02 Å². The van der Waals surface area contributed by atoms with Crippen LogP contribution in [0.15, 0.2) is 24.3 Å². The number of carboxylic acid groups (broad SMARTS) is 1. The van der Waals surface area contributed by atoms with E-state index in [4.69, 9.17) is 16.9 Å². The lowest BCUT2D eigenvalue weighted by Crippen LogP contribution is -2.39. The molecule has 0 aromatic heterocycles. The van der Waals surface area contributed by atoms with Gasteiger partial charge in [0.25, 0.3) is 0 Å². The lowest BCUT2D eigenvalue weighted by Gasteiger charge is -2.29. The minimum absolute atomic E-state index is 0.211. The van der Waals surface area contributed by atoms with E-state index in [0.717, 1.165) is 12.0 Å². The Morgan fingerprint density at radius 2 is 2.32 bits per heavy atom. The third kappa shape index (κ3) is 2.66. The highest BCUT2D eigenvalue weighted by Crippen LogP contribution is 2.39. The highest BCUT2D eigenvalue weighted by Gasteiger charge is 2.40. The lowest BCUT2D eigenvalue weighted by atomic mass is 10.0. The Hall–Kier alpha value is -1.73. The maximum atomic E-state index is 11.5. The van der Waals surface area contributed by atoms with Crippen LogP contribution in [0.5, 0.6) is 0 Å². The number of amides is 1. The second kappa shape index (κ2) is 5.50. The van der Waals surface area contributed by atoms with Gasteiger partial charge in [-0.15, -0.1) is 0 Å². The molecule has 1 aliphatic rings. The van der Waals surface area contributed by atoms with Gasteiger partial charge >= 0.3 is 6.09 Å². The molecule has 1 aromatic rings. The summed E-state index contributed by atoms with van der Waals surface area (Å²) in [6, 6.07) is 8.95. The van der Waals surface area contributed by atoms with Gasteiger partial charge in [0.15, 0.2) is 0 Å². The molecule has 1 saturated heterocycles. The quantitative estimate of drug-likeness (QED) is 0.897. The fraction of sp³-hybridized carbons (Fsp3) is 0.429.